The van der Waals surface area contributed by atoms with Crippen LogP contribution in [0.3, 0.4) is 0 Å². The molecule has 1 saturated heterocycles. The Labute approximate surface area is 203 Å². The molecule has 2 aromatic carbocycles. The van der Waals surface area contributed by atoms with Gasteiger partial charge in [0.2, 0.25) is 10.0 Å². The Morgan fingerprint density at radius 3 is 2.26 bits per heavy atom. The number of sulfonamides is 1. The molecule has 2 aliphatic rings. The minimum atomic E-state index is -3.54. The summed E-state index contributed by atoms with van der Waals surface area (Å²) in [5, 5.41) is 3.07. The first-order valence-electron chi connectivity index (χ1n) is 12.5. The van der Waals surface area contributed by atoms with Crippen molar-refractivity contribution in [2.75, 3.05) is 13.1 Å². The van der Waals surface area contributed by atoms with E-state index in [0.29, 0.717) is 24.8 Å². The van der Waals surface area contributed by atoms with Gasteiger partial charge in [-0.25, -0.2) is 8.42 Å². The summed E-state index contributed by atoms with van der Waals surface area (Å²) in [6, 6.07) is 17.0. The summed E-state index contributed by atoms with van der Waals surface area (Å²) in [5.74, 6) is 0.875. The van der Waals surface area contributed by atoms with E-state index in [9.17, 15) is 13.2 Å². The number of nitrogens with one attached hydrogen (secondary N) is 1. The minimum Gasteiger partial charge on any atom is -0.481 e. The van der Waals surface area contributed by atoms with Crippen molar-refractivity contribution in [3.8, 4) is 5.75 Å². The molecule has 4 rings (SSSR count). The fourth-order valence-electron chi connectivity index (χ4n) is 4.96. The monoisotopic (exact) mass is 484 g/mol. The summed E-state index contributed by atoms with van der Waals surface area (Å²) in [7, 11) is -3.54. The van der Waals surface area contributed by atoms with Gasteiger partial charge in [0.05, 0.1) is 4.90 Å². The van der Waals surface area contributed by atoms with Crippen molar-refractivity contribution in [3.63, 3.8) is 0 Å². The maximum absolute atomic E-state index is 13.1. The lowest BCUT2D eigenvalue weighted by Gasteiger charge is -2.31. The topological polar surface area (TPSA) is 75.7 Å². The van der Waals surface area contributed by atoms with Crippen LogP contribution in [-0.2, 0) is 21.2 Å². The Morgan fingerprint density at radius 2 is 1.62 bits per heavy atom. The van der Waals surface area contributed by atoms with Crippen LogP contribution in [0.1, 0.15) is 57.4 Å². The number of carbonyl (C=O) groups excluding carboxylic acids is 1. The summed E-state index contributed by atoms with van der Waals surface area (Å²) in [6.45, 7) is 2.80. The first-order valence-corrected chi connectivity index (χ1v) is 14.0. The summed E-state index contributed by atoms with van der Waals surface area (Å²) in [5.41, 5.74) is 1.31. The third-order valence-corrected chi connectivity index (χ3v) is 8.95. The number of hydrogen-bond donors (Lipinski definition) is 1. The van der Waals surface area contributed by atoms with Gasteiger partial charge in [-0.3, -0.25) is 4.79 Å². The molecule has 6 nitrogen and oxygen atoms in total. The maximum Gasteiger partial charge on any atom is 0.260 e. The van der Waals surface area contributed by atoms with Gasteiger partial charge in [0.1, 0.15) is 5.75 Å². The predicted molar refractivity (Wildman–Crippen MR) is 133 cm³/mol. The molecule has 0 radical (unpaired) electrons. The van der Waals surface area contributed by atoms with Crippen LogP contribution < -0.4 is 10.1 Å². The van der Waals surface area contributed by atoms with Crippen LogP contribution in [0.5, 0.6) is 5.75 Å². The molecule has 1 atom stereocenters. The number of ether oxygens (including phenoxy) is 1. The van der Waals surface area contributed by atoms with Crippen LogP contribution in [0.15, 0.2) is 59.5 Å². The van der Waals surface area contributed by atoms with E-state index in [2.05, 4.69) is 17.4 Å². The minimum absolute atomic E-state index is 0.123. The molecular formula is C27H36N2O4S. The highest BCUT2D eigenvalue weighted by atomic mass is 32.2. The van der Waals surface area contributed by atoms with Crippen molar-refractivity contribution in [2.24, 2.45) is 5.92 Å². The van der Waals surface area contributed by atoms with Crippen molar-refractivity contribution in [2.45, 2.75) is 75.3 Å². The molecule has 7 heteroatoms. The van der Waals surface area contributed by atoms with Gasteiger partial charge in [-0.2, -0.15) is 4.31 Å². The quantitative estimate of drug-likeness (QED) is 0.597. The molecule has 0 spiro atoms. The van der Waals surface area contributed by atoms with Crippen LogP contribution in [0.25, 0.3) is 0 Å². The van der Waals surface area contributed by atoms with Crippen molar-refractivity contribution >= 4 is 15.9 Å². The molecule has 184 valence electrons. The highest BCUT2D eigenvalue weighted by Crippen LogP contribution is 2.27. The van der Waals surface area contributed by atoms with Gasteiger partial charge in [-0.05, 0) is 74.8 Å². The molecule has 1 amide bonds. The van der Waals surface area contributed by atoms with Gasteiger partial charge in [-0.15, -0.1) is 0 Å². The Kier molecular flexibility index (Phi) is 8.27. The molecule has 1 aliphatic carbocycles. The second-order valence-electron chi connectivity index (χ2n) is 9.61. The number of carbonyl (C=O) groups is 1. The Bertz CT molecular complexity index is 1030. The Morgan fingerprint density at radius 1 is 0.971 bits per heavy atom. The van der Waals surface area contributed by atoms with E-state index in [0.717, 1.165) is 44.9 Å². The lowest BCUT2D eigenvalue weighted by molar-refractivity contribution is -0.128. The highest BCUT2D eigenvalue weighted by molar-refractivity contribution is 7.89. The average molecular weight is 485 g/mol. The molecule has 1 saturated carbocycles. The molecule has 34 heavy (non-hydrogen) atoms. The number of hydrogen-bond acceptors (Lipinski definition) is 4. The highest BCUT2D eigenvalue weighted by Gasteiger charge is 2.29. The van der Waals surface area contributed by atoms with E-state index in [1.54, 1.807) is 35.5 Å². The largest absolute Gasteiger partial charge is 0.481 e. The van der Waals surface area contributed by atoms with Crippen LogP contribution in [0.4, 0.5) is 0 Å². The summed E-state index contributed by atoms with van der Waals surface area (Å²) in [6.07, 6.45) is 7.68. The first-order chi connectivity index (χ1) is 16.4. The van der Waals surface area contributed by atoms with E-state index in [1.807, 2.05) is 18.2 Å². The van der Waals surface area contributed by atoms with Crippen molar-refractivity contribution in [1.82, 2.24) is 9.62 Å². The summed E-state index contributed by atoms with van der Waals surface area (Å²) >= 11 is 0. The second kappa shape index (κ2) is 11.4. The van der Waals surface area contributed by atoms with Crippen LogP contribution >= 0.6 is 0 Å². The van der Waals surface area contributed by atoms with E-state index in [1.165, 1.54) is 12.0 Å². The van der Waals surface area contributed by atoms with Gasteiger partial charge in [0, 0.05) is 19.1 Å². The number of benzene rings is 2. The zero-order valence-electron chi connectivity index (χ0n) is 20.0. The first kappa shape index (κ1) is 24.7. The van der Waals surface area contributed by atoms with Crippen molar-refractivity contribution < 1.29 is 17.9 Å². The molecule has 1 N–H and O–H groups in total. The van der Waals surface area contributed by atoms with Gasteiger partial charge in [-0.1, -0.05) is 49.6 Å². The molecule has 1 aliphatic heterocycles. The molecule has 2 fully saturated rings. The smallest absolute Gasteiger partial charge is 0.260 e. The zero-order valence-corrected chi connectivity index (χ0v) is 20.8. The third-order valence-electron chi connectivity index (χ3n) is 7.04. The van der Waals surface area contributed by atoms with Crippen molar-refractivity contribution in [3.05, 3.63) is 60.2 Å². The van der Waals surface area contributed by atoms with E-state index in [-0.39, 0.29) is 16.8 Å². The molecule has 0 unspecified atom stereocenters. The second-order valence-corrected chi connectivity index (χ2v) is 11.6. The lowest BCUT2D eigenvalue weighted by atomic mass is 9.91. The van der Waals surface area contributed by atoms with E-state index in [4.69, 9.17) is 4.74 Å². The van der Waals surface area contributed by atoms with E-state index < -0.39 is 16.1 Å². The zero-order chi connectivity index (χ0) is 24.0. The Balaban J connectivity index is 1.29. The van der Waals surface area contributed by atoms with Crippen LogP contribution in [0, 0.1) is 5.92 Å². The summed E-state index contributed by atoms with van der Waals surface area (Å²) in [4.78, 5) is 12.7. The normalized spacial score (nSPS) is 19.4. The van der Waals surface area contributed by atoms with Gasteiger partial charge in [0.25, 0.3) is 5.91 Å². The number of piperidine rings is 1. The van der Waals surface area contributed by atoms with E-state index >= 15 is 0 Å². The standard InChI is InChI=1S/C27H36N2O4S/c1-21(27(30)28-24-10-6-3-7-11-24)33-25-12-14-26(15-13-25)34(31,32)29-18-16-23(17-19-29)20-22-8-4-2-5-9-22/h2,4-5,8-9,12-15,21,23-24H,3,6-7,10-11,16-20H2,1H3,(H,28,30)/t21-/m1/s1. The molecule has 1 heterocycles. The van der Waals surface area contributed by atoms with Gasteiger partial charge < -0.3 is 10.1 Å². The molecular weight excluding hydrogens is 448 g/mol. The number of rotatable bonds is 8. The van der Waals surface area contributed by atoms with Gasteiger partial charge >= 0.3 is 0 Å². The molecule has 2 aromatic rings. The SMILES string of the molecule is C[C@@H](Oc1ccc(S(=O)(=O)N2CCC(Cc3ccccc3)CC2)cc1)C(=O)NC1CCCCC1. The van der Waals surface area contributed by atoms with Gasteiger partial charge in [0.15, 0.2) is 6.10 Å². The summed E-state index contributed by atoms with van der Waals surface area (Å²) < 4.78 is 33.6. The lowest BCUT2D eigenvalue weighted by Crippen LogP contribution is -2.43. The number of nitrogens with zero attached hydrogens (tertiary/aromatic N) is 1. The fraction of sp³-hybridized carbons (Fsp3) is 0.519. The number of amides is 1. The average Bonchev–Trinajstić information content (AvgIpc) is 2.86. The predicted octanol–water partition coefficient (Wildman–Crippen LogP) is 4.55. The molecule has 0 bridgehead atoms. The van der Waals surface area contributed by atoms with Crippen molar-refractivity contribution in [1.29, 1.82) is 0 Å². The van der Waals surface area contributed by atoms with Crippen LogP contribution in [-0.4, -0.2) is 43.9 Å². The molecule has 0 aromatic heterocycles. The maximum atomic E-state index is 13.1. The van der Waals surface area contributed by atoms with Crippen LogP contribution in [0.2, 0.25) is 0 Å². The Hall–Kier alpha value is -2.38. The fourth-order valence-corrected chi connectivity index (χ4v) is 6.43. The third kappa shape index (κ3) is 6.39.